The molecule has 0 spiro atoms. The summed E-state index contributed by atoms with van der Waals surface area (Å²) in [5.74, 6) is -1.80. The molecule has 27 heavy (non-hydrogen) atoms. The topological polar surface area (TPSA) is 110 Å². The van der Waals surface area contributed by atoms with E-state index in [9.17, 15) is 14.3 Å². The second kappa shape index (κ2) is 7.65. The van der Waals surface area contributed by atoms with E-state index in [1.54, 1.807) is 24.3 Å². The van der Waals surface area contributed by atoms with Crippen molar-refractivity contribution in [2.24, 2.45) is 0 Å². The van der Waals surface area contributed by atoms with E-state index in [0.717, 1.165) is 29.0 Å². The fourth-order valence-electron chi connectivity index (χ4n) is 2.33. The van der Waals surface area contributed by atoms with Crippen molar-refractivity contribution in [3.05, 3.63) is 70.0 Å². The van der Waals surface area contributed by atoms with Crippen LogP contribution < -0.4 is 5.32 Å². The van der Waals surface area contributed by atoms with Gasteiger partial charge in [-0.1, -0.05) is 12.1 Å². The highest BCUT2D eigenvalue weighted by Crippen LogP contribution is 2.34. The quantitative estimate of drug-likeness (QED) is 0.724. The van der Waals surface area contributed by atoms with Gasteiger partial charge in [-0.3, -0.25) is 4.79 Å². The van der Waals surface area contributed by atoms with Crippen molar-refractivity contribution in [2.75, 3.05) is 0 Å². The molecule has 0 unspecified atom stereocenters. The molecule has 0 saturated carbocycles. The van der Waals surface area contributed by atoms with E-state index in [-0.39, 0.29) is 28.4 Å². The SMILES string of the molecule is N#Cc1ccc(CNC(=O)c2cc(O)c(-c3ncc(C#N)s3)cc2F)cc1. The molecule has 0 saturated heterocycles. The highest BCUT2D eigenvalue weighted by molar-refractivity contribution is 7.15. The van der Waals surface area contributed by atoms with Gasteiger partial charge in [-0.15, -0.1) is 11.3 Å². The summed E-state index contributed by atoms with van der Waals surface area (Å²) in [5, 5.41) is 30.6. The largest absolute Gasteiger partial charge is 0.507 e. The summed E-state index contributed by atoms with van der Waals surface area (Å²) >= 11 is 1.01. The van der Waals surface area contributed by atoms with Crippen molar-refractivity contribution in [3.63, 3.8) is 0 Å². The van der Waals surface area contributed by atoms with Gasteiger partial charge >= 0.3 is 0 Å². The molecule has 0 aliphatic rings. The lowest BCUT2D eigenvalue weighted by Crippen LogP contribution is -2.23. The normalized spacial score (nSPS) is 10.0. The molecule has 3 rings (SSSR count). The predicted octanol–water partition coefficient (Wildman–Crippen LogP) is 3.33. The third kappa shape index (κ3) is 3.92. The minimum Gasteiger partial charge on any atom is -0.507 e. The molecule has 0 aliphatic heterocycles. The molecular formula is C19H11FN4O2S. The zero-order valence-electron chi connectivity index (χ0n) is 13.7. The van der Waals surface area contributed by atoms with Crippen molar-refractivity contribution in [3.8, 4) is 28.5 Å². The molecule has 0 fully saturated rings. The number of rotatable bonds is 4. The number of aromatic hydroxyl groups is 1. The summed E-state index contributed by atoms with van der Waals surface area (Å²) in [6.45, 7) is 0.143. The molecule has 1 heterocycles. The molecule has 6 nitrogen and oxygen atoms in total. The van der Waals surface area contributed by atoms with E-state index < -0.39 is 11.7 Å². The van der Waals surface area contributed by atoms with Crippen LogP contribution in [0, 0.1) is 28.5 Å². The van der Waals surface area contributed by atoms with Crippen LogP contribution in [0.1, 0.15) is 26.4 Å². The minimum atomic E-state index is -0.811. The lowest BCUT2D eigenvalue weighted by molar-refractivity contribution is 0.0946. The van der Waals surface area contributed by atoms with Crippen LogP contribution in [0.3, 0.4) is 0 Å². The number of amides is 1. The third-order valence-electron chi connectivity index (χ3n) is 3.71. The summed E-state index contributed by atoms with van der Waals surface area (Å²) in [4.78, 5) is 16.5. The number of nitrogens with one attached hydrogen (secondary N) is 1. The van der Waals surface area contributed by atoms with Gasteiger partial charge in [0.05, 0.1) is 29.0 Å². The summed E-state index contributed by atoms with van der Waals surface area (Å²) < 4.78 is 14.4. The van der Waals surface area contributed by atoms with Crippen LogP contribution in [0.4, 0.5) is 4.39 Å². The van der Waals surface area contributed by atoms with Gasteiger partial charge in [0.25, 0.3) is 5.91 Å². The van der Waals surface area contributed by atoms with Gasteiger partial charge in [0.1, 0.15) is 27.5 Å². The number of carbonyl (C=O) groups excluding carboxylic acids is 1. The average Bonchev–Trinajstić information content (AvgIpc) is 3.17. The van der Waals surface area contributed by atoms with E-state index >= 15 is 0 Å². The second-order valence-electron chi connectivity index (χ2n) is 5.48. The smallest absolute Gasteiger partial charge is 0.254 e. The Morgan fingerprint density at radius 2 is 1.96 bits per heavy atom. The molecule has 8 heteroatoms. The van der Waals surface area contributed by atoms with Crippen LogP contribution in [0.15, 0.2) is 42.6 Å². The average molecular weight is 378 g/mol. The number of benzene rings is 2. The van der Waals surface area contributed by atoms with Gasteiger partial charge < -0.3 is 10.4 Å². The molecule has 0 aliphatic carbocycles. The number of nitrogens with zero attached hydrogens (tertiary/aromatic N) is 3. The first-order valence-corrected chi connectivity index (χ1v) is 8.49. The first-order chi connectivity index (χ1) is 13.0. The first kappa shape index (κ1) is 18.1. The zero-order chi connectivity index (χ0) is 19.4. The third-order valence-corrected chi connectivity index (χ3v) is 4.65. The Morgan fingerprint density at radius 3 is 2.59 bits per heavy atom. The van der Waals surface area contributed by atoms with E-state index in [1.165, 1.54) is 6.20 Å². The van der Waals surface area contributed by atoms with Crippen LogP contribution in [0.5, 0.6) is 5.75 Å². The molecule has 1 amide bonds. The Morgan fingerprint density at radius 1 is 1.22 bits per heavy atom. The van der Waals surface area contributed by atoms with Crippen molar-refractivity contribution < 1.29 is 14.3 Å². The highest BCUT2D eigenvalue weighted by atomic mass is 32.1. The number of hydrogen-bond donors (Lipinski definition) is 2. The zero-order valence-corrected chi connectivity index (χ0v) is 14.5. The molecule has 2 aromatic carbocycles. The Hall–Kier alpha value is -3.75. The Bertz CT molecular complexity index is 1090. The Labute approximate surface area is 157 Å². The molecule has 2 N–H and O–H groups in total. The first-order valence-electron chi connectivity index (χ1n) is 7.68. The number of halogens is 1. The van der Waals surface area contributed by atoms with Gasteiger partial charge in [-0.25, -0.2) is 9.37 Å². The fourth-order valence-corrected chi connectivity index (χ4v) is 3.07. The summed E-state index contributed by atoms with van der Waals surface area (Å²) in [6.07, 6.45) is 1.33. The van der Waals surface area contributed by atoms with E-state index in [4.69, 9.17) is 10.5 Å². The molecule has 0 bridgehead atoms. The molecule has 0 radical (unpaired) electrons. The van der Waals surface area contributed by atoms with Crippen molar-refractivity contribution in [2.45, 2.75) is 6.54 Å². The van der Waals surface area contributed by atoms with Gasteiger partial charge in [0.2, 0.25) is 0 Å². The summed E-state index contributed by atoms with van der Waals surface area (Å²) in [6, 6.07) is 12.6. The molecule has 3 aromatic rings. The maximum absolute atomic E-state index is 14.4. The second-order valence-corrected chi connectivity index (χ2v) is 6.51. The maximum Gasteiger partial charge on any atom is 0.254 e. The predicted molar refractivity (Wildman–Crippen MR) is 96.2 cm³/mol. The lowest BCUT2D eigenvalue weighted by atomic mass is 10.1. The maximum atomic E-state index is 14.4. The van der Waals surface area contributed by atoms with Gasteiger partial charge in [0, 0.05) is 6.54 Å². The lowest BCUT2D eigenvalue weighted by Gasteiger charge is -2.09. The minimum absolute atomic E-state index is 0.114. The van der Waals surface area contributed by atoms with Crippen LogP contribution >= 0.6 is 11.3 Å². The van der Waals surface area contributed by atoms with Crippen LogP contribution in [0.2, 0.25) is 0 Å². The molecule has 132 valence electrons. The van der Waals surface area contributed by atoms with Gasteiger partial charge in [0.15, 0.2) is 0 Å². The van der Waals surface area contributed by atoms with E-state index in [2.05, 4.69) is 10.3 Å². The number of nitriles is 2. The molecule has 1 aromatic heterocycles. The number of phenolic OH excluding ortho intramolecular Hbond substituents is 1. The number of carbonyl (C=O) groups is 1. The number of aromatic nitrogens is 1. The molecule has 0 atom stereocenters. The van der Waals surface area contributed by atoms with Crippen molar-refractivity contribution in [1.82, 2.24) is 10.3 Å². The van der Waals surface area contributed by atoms with Crippen molar-refractivity contribution in [1.29, 1.82) is 10.5 Å². The number of thiazole rings is 1. The number of hydrogen-bond acceptors (Lipinski definition) is 6. The number of phenols is 1. The van der Waals surface area contributed by atoms with Crippen LogP contribution in [0.25, 0.3) is 10.6 Å². The highest BCUT2D eigenvalue weighted by Gasteiger charge is 2.18. The van der Waals surface area contributed by atoms with Crippen LogP contribution in [-0.4, -0.2) is 16.0 Å². The van der Waals surface area contributed by atoms with Crippen LogP contribution in [-0.2, 0) is 6.54 Å². The van der Waals surface area contributed by atoms with E-state index in [1.807, 2.05) is 12.1 Å². The Kier molecular flexibility index (Phi) is 5.11. The van der Waals surface area contributed by atoms with Gasteiger partial charge in [-0.2, -0.15) is 10.5 Å². The fraction of sp³-hybridized carbons (Fsp3) is 0.0526. The summed E-state index contributed by atoms with van der Waals surface area (Å²) in [5.41, 5.74) is 1.05. The van der Waals surface area contributed by atoms with Gasteiger partial charge in [-0.05, 0) is 29.8 Å². The van der Waals surface area contributed by atoms with E-state index in [0.29, 0.717) is 10.4 Å². The van der Waals surface area contributed by atoms with Crippen molar-refractivity contribution >= 4 is 17.2 Å². The Balaban J connectivity index is 1.77. The monoisotopic (exact) mass is 378 g/mol. The molecular weight excluding hydrogens is 367 g/mol. The standard InChI is InChI=1S/C19H11FN4O2S/c20-16-5-15(19-24-10-13(8-22)27-19)17(25)6-14(16)18(26)23-9-12-3-1-11(7-21)2-4-12/h1-6,10,25H,9H2,(H,23,26). The summed E-state index contributed by atoms with van der Waals surface area (Å²) in [7, 11) is 0.